The van der Waals surface area contributed by atoms with Gasteiger partial charge in [-0.15, -0.1) is 4.41 Å². The quantitative estimate of drug-likeness (QED) is 0.730. The van der Waals surface area contributed by atoms with Gasteiger partial charge in [-0.2, -0.15) is 5.01 Å². The van der Waals surface area contributed by atoms with Crippen molar-refractivity contribution in [2.24, 2.45) is 0 Å². The molecule has 106 valence electrons. The average molecular weight is 280 g/mol. The fourth-order valence-electron chi connectivity index (χ4n) is 1.50. The average Bonchev–Trinajstić information content (AvgIpc) is 2.13. The number of morpholine rings is 1. The standard InChI is InChI=1S/C10H20N2O5S/c1-10(2,3)17-9(13)12(18(4,14)15)11-5-7-16-8-6-11/h5-8H2,1-4H3. The van der Waals surface area contributed by atoms with Crippen molar-refractivity contribution in [2.75, 3.05) is 32.6 Å². The normalized spacial score (nSPS) is 18.4. The Bertz CT molecular complexity index is 395. The van der Waals surface area contributed by atoms with Gasteiger partial charge in [0.15, 0.2) is 0 Å². The molecular weight excluding hydrogens is 260 g/mol. The second-order valence-corrected chi connectivity index (χ2v) is 6.86. The van der Waals surface area contributed by atoms with E-state index in [4.69, 9.17) is 9.47 Å². The maximum Gasteiger partial charge on any atom is 0.439 e. The van der Waals surface area contributed by atoms with Crippen LogP contribution >= 0.6 is 0 Å². The predicted octanol–water partition coefficient (Wildman–Crippen LogP) is 0.430. The van der Waals surface area contributed by atoms with Gasteiger partial charge in [0.2, 0.25) is 0 Å². The van der Waals surface area contributed by atoms with Crippen LogP contribution in [-0.4, -0.2) is 62.1 Å². The van der Waals surface area contributed by atoms with Crippen molar-refractivity contribution in [1.82, 2.24) is 9.42 Å². The number of hydrogen-bond donors (Lipinski definition) is 0. The molecule has 8 heteroatoms. The second kappa shape index (κ2) is 5.41. The Kier molecular flexibility index (Phi) is 4.57. The largest absolute Gasteiger partial charge is 0.442 e. The predicted molar refractivity (Wildman–Crippen MR) is 65.3 cm³/mol. The maximum absolute atomic E-state index is 11.9. The molecule has 0 aromatic carbocycles. The number of carbonyl (C=O) groups excluding carboxylic acids is 1. The second-order valence-electron chi connectivity index (χ2n) is 5.05. The van der Waals surface area contributed by atoms with Crippen molar-refractivity contribution in [3.05, 3.63) is 0 Å². The van der Waals surface area contributed by atoms with Crippen LogP contribution in [0.1, 0.15) is 20.8 Å². The minimum Gasteiger partial charge on any atom is -0.442 e. The van der Waals surface area contributed by atoms with E-state index in [1.165, 1.54) is 5.01 Å². The Morgan fingerprint density at radius 2 is 1.78 bits per heavy atom. The van der Waals surface area contributed by atoms with Crippen molar-refractivity contribution in [2.45, 2.75) is 26.4 Å². The first kappa shape index (κ1) is 15.2. The molecule has 1 heterocycles. The topological polar surface area (TPSA) is 76.2 Å². The number of sulfonamides is 1. The van der Waals surface area contributed by atoms with Gasteiger partial charge < -0.3 is 9.47 Å². The first-order valence-electron chi connectivity index (χ1n) is 5.67. The molecule has 0 aliphatic carbocycles. The van der Waals surface area contributed by atoms with Crippen molar-refractivity contribution < 1.29 is 22.7 Å². The van der Waals surface area contributed by atoms with E-state index in [1.54, 1.807) is 20.8 Å². The summed E-state index contributed by atoms with van der Waals surface area (Å²) >= 11 is 0. The highest BCUT2D eigenvalue weighted by molar-refractivity contribution is 7.88. The van der Waals surface area contributed by atoms with E-state index in [0.29, 0.717) is 30.7 Å². The zero-order valence-electron chi connectivity index (χ0n) is 11.2. The van der Waals surface area contributed by atoms with Gasteiger partial charge in [-0.25, -0.2) is 13.2 Å². The van der Waals surface area contributed by atoms with Gasteiger partial charge in [0, 0.05) is 13.1 Å². The fourth-order valence-corrected chi connectivity index (χ4v) is 2.39. The fraction of sp³-hybridized carbons (Fsp3) is 0.900. The number of hydrogen-bond acceptors (Lipinski definition) is 6. The van der Waals surface area contributed by atoms with Crippen LogP contribution in [0, 0.1) is 0 Å². The zero-order valence-corrected chi connectivity index (χ0v) is 12.0. The van der Waals surface area contributed by atoms with E-state index < -0.39 is 21.7 Å². The van der Waals surface area contributed by atoms with Crippen molar-refractivity contribution in [1.29, 1.82) is 0 Å². The van der Waals surface area contributed by atoms with Crippen molar-refractivity contribution >= 4 is 16.1 Å². The monoisotopic (exact) mass is 280 g/mol. The van der Waals surface area contributed by atoms with Crippen LogP contribution in [0.2, 0.25) is 0 Å². The lowest BCUT2D eigenvalue weighted by Gasteiger charge is -2.35. The molecule has 18 heavy (non-hydrogen) atoms. The molecule has 1 aliphatic heterocycles. The first-order valence-corrected chi connectivity index (χ1v) is 7.52. The van der Waals surface area contributed by atoms with E-state index in [9.17, 15) is 13.2 Å². The van der Waals surface area contributed by atoms with E-state index in [-0.39, 0.29) is 0 Å². The molecule has 0 aromatic rings. The summed E-state index contributed by atoms with van der Waals surface area (Å²) in [5.41, 5.74) is -0.744. The third-order valence-corrected chi connectivity index (χ3v) is 3.12. The molecular formula is C10H20N2O5S. The van der Waals surface area contributed by atoms with Gasteiger partial charge >= 0.3 is 6.09 Å². The van der Waals surface area contributed by atoms with E-state index >= 15 is 0 Å². The summed E-state index contributed by atoms with van der Waals surface area (Å²) in [5, 5.41) is 1.42. The Labute approximate surface area is 108 Å². The number of rotatable bonds is 2. The Morgan fingerprint density at radius 3 is 2.17 bits per heavy atom. The molecule has 1 aliphatic rings. The van der Waals surface area contributed by atoms with Gasteiger partial charge in [0.25, 0.3) is 10.0 Å². The van der Waals surface area contributed by atoms with Gasteiger partial charge in [-0.05, 0) is 20.8 Å². The molecule has 1 amide bonds. The third kappa shape index (κ3) is 4.43. The van der Waals surface area contributed by atoms with Gasteiger partial charge in [0.1, 0.15) is 5.60 Å². The highest BCUT2D eigenvalue weighted by atomic mass is 32.2. The van der Waals surface area contributed by atoms with Crippen LogP contribution in [0.4, 0.5) is 4.79 Å². The molecule has 0 radical (unpaired) electrons. The molecule has 0 saturated carbocycles. The summed E-state index contributed by atoms with van der Waals surface area (Å²) in [7, 11) is -3.71. The molecule has 0 N–H and O–H groups in total. The lowest BCUT2D eigenvalue weighted by atomic mass is 10.2. The van der Waals surface area contributed by atoms with Crippen molar-refractivity contribution in [3.63, 3.8) is 0 Å². The van der Waals surface area contributed by atoms with E-state index in [1.807, 2.05) is 0 Å². The number of ether oxygens (including phenoxy) is 2. The molecule has 0 atom stereocenters. The van der Waals surface area contributed by atoms with Crippen LogP contribution in [0.25, 0.3) is 0 Å². The van der Waals surface area contributed by atoms with Crippen LogP contribution in [0.5, 0.6) is 0 Å². The SMILES string of the molecule is CC(C)(C)OC(=O)N(N1CCOCC1)S(C)(=O)=O. The van der Waals surface area contributed by atoms with Gasteiger partial charge in [-0.3, -0.25) is 0 Å². The molecule has 1 saturated heterocycles. The van der Waals surface area contributed by atoms with Gasteiger partial charge in [-0.1, -0.05) is 0 Å². The Morgan fingerprint density at radius 1 is 1.28 bits per heavy atom. The highest BCUT2D eigenvalue weighted by Crippen LogP contribution is 2.15. The number of nitrogens with zero attached hydrogens (tertiary/aromatic N) is 2. The maximum atomic E-state index is 11.9. The third-order valence-electron chi connectivity index (χ3n) is 2.11. The van der Waals surface area contributed by atoms with Crippen LogP contribution in [0.15, 0.2) is 0 Å². The molecule has 0 bridgehead atoms. The highest BCUT2D eigenvalue weighted by Gasteiger charge is 2.34. The van der Waals surface area contributed by atoms with Crippen LogP contribution < -0.4 is 0 Å². The summed E-state index contributed by atoms with van der Waals surface area (Å²) in [4.78, 5) is 11.9. The Balaban J connectivity index is 2.88. The molecule has 1 rings (SSSR count). The minimum absolute atomic E-state index is 0.340. The lowest BCUT2D eigenvalue weighted by molar-refractivity contribution is -0.0527. The van der Waals surface area contributed by atoms with Crippen molar-refractivity contribution in [3.8, 4) is 0 Å². The number of amides is 1. The zero-order chi connectivity index (χ0) is 14.0. The molecule has 7 nitrogen and oxygen atoms in total. The smallest absolute Gasteiger partial charge is 0.439 e. The van der Waals surface area contributed by atoms with Gasteiger partial charge in [0.05, 0.1) is 19.5 Å². The van der Waals surface area contributed by atoms with E-state index in [2.05, 4.69) is 0 Å². The van der Waals surface area contributed by atoms with E-state index in [0.717, 1.165) is 6.26 Å². The summed E-state index contributed by atoms with van der Waals surface area (Å²) in [6.07, 6.45) is 0.0961. The summed E-state index contributed by atoms with van der Waals surface area (Å²) in [5.74, 6) is 0. The van der Waals surface area contributed by atoms with Crippen LogP contribution in [-0.2, 0) is 19.5 Å². The molecule has 0 unspecified atom stereocenters. The summed E-state index contributed by atoms with van der Waals surface area (Å²) < 4.78 is 34.3. The number of hydrazine groups is 1. The van der Waals surface area contributed by atoms with Crippen LogP contribution in [0.3, 0.4) is 0 Å². The first-order chi connectivity index (χ1) is 8.11. The lowest BCUT2D eigenvalue weighted by Crippen LogP contribution is -2.54. The summed E-state index contributed by atoms with van der Waals surface area (Å²) in [6, 6.07) is 0. The molecule has 0 spiro atoms. The molecule has 1 fully saturated rings. The Hall–Kier alpha value is -0.860. The number of carbonyl (C=O) groups is 1. The minimum atomic E-state index is -3.71. The summed E-state index contributed by atoms with van der Waals surface area (Å²) in [6.45, 7) is 6.50. The molecule has 0 aromatic heterocycles.